The van der Waals surface area contributed by atoms with Crippen LogP contribution in [-0.2, 0) is 11.8 Å². The second kappa shape index (κ2) is 6.50. The molecule has 1 amide bonds. The Morgan fingerprint density at radius 3 is 2.74 bits per heavy atom. The number of aryl methyl sites for hydroxylation is 1. The largest absolute Gasteiger partial charge is 0.376 e. The number of hydrogen-bond acceptors (Lipinski definition) is 3. The van der Waals surface area contributed by atoms with Crippen molar-refractivity contribution in [1.82, 2.24) is 15.1 Å². The molecule has 0 radical (unpaired) electrons. The molecule has 0 bridgehead atoms. The number of benzene rings is 1. The highest BCUT2D eigenvalue weighted by atomic mass is 19.1. The maximum absolute atomic E-state index is 13.2. The number of amides is 1. The number of carbonyl (C=O) groups excluding carboxylic acids is 1. The van der Waals surface area contributed by atoms with Crippen LogP contribution in [0.5, 0.6) is 0 Å². The Kier molecular flexibility index (Phi) is 4.43. The van der Waals surface area contributed by atoms with Crippen molar-refractivity contribution >= 4 is 5.91 Å². The molecule has 2 heterocycles. The molecule has 0 aliphatic carbocycles. The fraction of sp³-hybridized carbons (Fsp3) is 0.412. The first kappa shape index (κ1) is 15.7. The number of ether oxygens (including phenoxy) is 1. The van der Waals surface area contributed by atoms with Gasteiger partial charge in [0.25, 0.3) is 5.91 Å². The van der Waals surface area contributed by atoms with Crippen molar-refractivity contribution in [1.29, 1.82) is 0 Å². The van der Waals surface area contributed by atoms with Gasteiger partial charge in [-0.2, -0.15) is 5.10 Å². The molecule has 1 aromatic carbocycles. The number of aromatic nitrogens is 2. The van der Waals surface area contributed by atoms with Gasteiger partial charge in [-0.25, -0.2) is 4.39 Å². The molecule has 0 spiro atoms. The van der Waals surface area contributed by atoms with Gasteiger partial charge in [0.2, 0.25) is 0 Å². The van der Waals surface area contributed by atoms with Crippen LogP contribution < -0.4 is 5.32 Å². The normalized spacial score (nSPS) is 18.8. The van der Waals surface area contributed by atoms with Crippen LogP contribution in [-0.4, -0.2) is 28.4 Å². The summed E-state index contributed by atoms with van der Waals surface area (Å²) >= 11 is 0. The van der Waals surface area contributed by atoms with Gasteiger partial charge in [-0.15, -0.1) is 0 Å². The van der Waals surface area contributed by atoms with Crippen molar-refractivity contribution in [2.24, 2.45) is 7.05 Å². The average Bonchev–Trinajstić information content (AvgIpc) is 3.17. The fourth-order valence-corrected chi connectivity index (χ4v) is 2.87. The van der Waals surface area contributed by atoms with Crippen LogP contribution in [0.15, 0.2) is 30.5 Å². The Morgan fingerprint density at radius 1 is 1.43 bits per heavy atom. The lowest BCUT2D eigenvalue weighted by Crippen LogP contribution is -2.36. The van der Waals surface area contributed by atoms with Crippen LogP contribution in [0.1, 0.15) is 40.5 Å². The number of rotatable bonds is 4. The molecule has 1 aliphatic rings. The molecule has 0 saturated carbocycles. The summed E-state index contributed by atoms with van der Waals surface area (Å²) in [6, 6.07) is 5.89. The van der Waals surface area contributed by atoms with Crippen molar-refractivity contribution in [3.05, 3.63) is 53.1 Å². The Balaban J connectivity index is 1.85. The van der Waals surface area contributed by atoms with Crippen LogP contribution >= 0.6 is 0 Å². The molecule has 1 fully saturated rings. The summed E-state index contributed by atoms with van der Waals surface area (Å²) < 4.78 is 20.6. The van der Waals surface area contributed by atoms with E-state index in [0.717, 1.165) is 24.1 Å². The first-order chi connectivity index (χ1) is 11.1. The van der Waals surface area contributed by atoms with E-state index in [2.05, 4.69) is 10.4 Å². The number of nitrogens with one attached hydrogen (secondary N) is 1. The summed E-state index contributed by atoms with van der Waals surface area (Å²) in [5.74, 6) is -0.491. The lowest BCUT2D eigenvalue weighted by Gasteiger charge is -2.24. The van der Waals surface area contributed by atoms with Crippen LogP contribution in [0.2, 0.25) is 0 Å². The van der Waals surface area contributed by atoms with Crippen molar-refractivity contribution in [2.75, 3.05) is 6.61 Å². The van der Waals surface area contributed by atoms with Crippen LogP contribution in [0, 0.1) is 12.7 Å². The number of halogens is 1. The van der Waals surface area contributed by atoms with Crippen molar-refractivity contribution in [3.8, 4) is 0 Å². The monoisotopic (exact) mass is 317 g/mol. The Morgan fingerprint density at radius 2 is 2.17 bits per heavy atom. The molecule has 2 atom stereocenters. The first-order valence-electron chi connectivity index (χ1n) is 7.73. The van der Waals surface area contributed by atoms with Gasteiger partial charge in [-0.3, -0.25) is 9.48 Å². The van der Waals surface area contributed by atoms with Crippen molar-refractivity contribution in [2.45, 2.75) is 31.9 Å². The standard InChI is InChI=1S/C17H20FN3O2/c1-11-14(10-19-21(11)2)17(22)20-16(15-4-3-9-23-15)12-5-7-13(18)8-6-12/h5-8,10,15-16H,3-4,9H2,1-2H3,(H,20,22)/t15-,16+/m1/s1. The minimum Gasteiger partial charge on any atom is -0.376 e. The van der Waals surface area contributed by atoms with Gasteiger partial charge >= 0.3 is 0 Å². The molecular formula is C17H20FN3O2. The third-order valence-corrected chi connectivity index (χ3v) is 4.33. The fourth-order valence-electron chi connectivity index (χ4n) is 2.87. The zero-order valence-corrected chi connectivity index (χ0v) is 13.3. The van der Waals surface area contributed by atoms with E-state index in [9.17, 15) is 9.18 Å². The minimum atomic E-state index is -0.301. The summed E-state index contributed by atoms with van der Waals surface area (Å²) in [7, 11) is 1.80. The molecule has 6 heteroatoms. The van der Waals surface area contributed by atoms with Gasteiger partial charge < -0.3 is 10.1 Å². The molecule has 2 aromatic rings. The molecule has 3 rings (SSSR count). The average molecular weight is 317 g/mol. The summed E-state index contributed by atoms with van der Waals surface area (Å²) in [6.45, 7) is 2.53. The van der Waals surface area contributed by atoms with Crippen molar-refractivity contribution < 1.29 is 13.9 Å². The van der Waals surface area contributed by atoms with Crippen LogP contribution in [0.4, 0.5) is 4.39 Å². The molecule has 23 heavy (non-hydrogen) atoms. The van der Waals surface area contributed by atoms with Gasteiger partial charge in [0.15, 0.2) is 0 Å². The highest BCUT2D eigenvalue weighted by Gasteiger charge is 2.29. The van der Waals surface area contributed by atoms with E-state index >= 15 is 0 Å². The third-order valence-electron chi connectivity index (χ3n) is 4.33. The molecular weight excluding hydrogens is 297 g/mol. The lowest BCUT2D eigenvalue weighted by molar-refractivity contribution is 0.0672. The third kappa shape index (κ3) is 3.27. The summed E-state index contributed by atoms with van der Waals surface area (Å²) in [5, 5.41) is 7.13. The SMILES string of the molecule is Cc1c(C(=O)N[C@@H](c2ccc(F)cc2)[C@H]2CCCO2)cnn1C. The van der Waals surface area contributed by atoms with E-state index < -0.39 is 0 Å². The second-order valence-corrected chi connectivity index (χ2v) is 5.82. The zero-order chi connectivity index (χ0) is 16.4. The van der Waals surface area contributed by atoms with Gasteiger partial charge in [0, 0.05) is 19.3 Å². The second-order valence-electron chi connectivity index (χ2n) is 5.82. The van der Waals surface area contributed by atoms with E-state index in [0.29, 0.717) is 12.2 Å². The molecule has 1 saturated heterocycles. The van der Waals surface area contributed by atoms with Gasteiger partial charge in [-0.1, -0.05) is 12.1 Å². The molecule has 122 valence electrons. The maximum atomic E-state index is 13.2. The van der Waals surface area contributed by atoms with E-state index in [4.69, 9.17) is 4.74 Å². The van der Waals surface area contributed by atoms with Crippen molar-refractivity contribution in [3.63, 3.8) is 0 Å². The lowest BCUT2D eigenvalue weighted by atomic mass is 9.98. The Hall–Kier alpha value is -2.21. The highest BCUT2D eigenvalue weighted by Crippen LogP contribution is 2.27. The van der Waals surface area contributed by atoms with Gasteiger partial charge in [0.05, 0.1) is 23.9 Å². The first-order valence-corrected chi connectivity index (χ1v) is 7.73. The Bertz CT molecular complexity index is 690. The predicted molar refractivity (Wildman–Crippen MR) is 83.5 cm³/mol. The smallest absolute Gasteiger partial charge is 0.255 e. The van der Waals surface area contributed by atoms with E-state index in [-0.39, 0.29) is 23.9 Å². The molecule has 1 aliphatic heterocycles. The quantitative estimate of drug-likeness (QED) is 0.943. The summed E-state index contributed by atoms with van der Waals surface area (Å²) in [4.78, 5) is 12.6. The summed E-state index contributed by atoms with van der Waals surface area (Å²) in [6.07, 6.45) is 3.29. The summed E-state index contributed by atoms with van der Waals surface area (Å²) in [5.41, 5.74) is 2.18. The molecule has 5 nitrogen and oxygen atoms in total. The highest BCUT2D eigenvalue weighted by molar-refractivity contribution is 5.95. The van der Waals surface area contributed by atoms with E-state index in [1.54, 1.807) is 30.1 Å². The topological polar surface area (TPSA) is 56.1 Å². The molecule has 0 unspecified atom stereocenters. The van der Waals surface area contributed by atoms with E-state index in [1.807, 2.05) is 6.92 Å². The minimum absolute atomic E-state index is 0.0959. The van der Waals surface area contributed by atoms with Gasteiger partial charge in [0.1, 0.15) is 5.82 Å². The zero-order valence-electron chi connectivity index (χ0n) is 13.3. The Labute approximate surface area is 134 Å². The van der Waals surface area contributed by atoms with E-state index in [1.165, 1.54) is 12.1 Å². The number of hydrogen-bond donors (Lipinski definition) is 1. The molecule has 1 N–H and O–H groups in total. The number of carbonyl (C=O) groups is 1. The molecule has 1 aromatic heterocycles. The predicted octanol–water partition coefficient (Wildman–Crippen LogP) is 2.52. The van der Waals surface area contributed by atoms with Crippen LogP contribution in [0.3, 0.4) is 0 Å². The van der Waals surface area contributed by atoms with Gasteiger partial charge in [-0.05, 0) is 37.5 Å². The maximum Gasteiger partial charge on any atom is 0.255 e. The number of nitrogens with zero attached hydrogens (tertiary/aromatic N) is 2. The van der Waals surface area contributed by atoms with Crippen LogP contribution in [0.25, 0.3) is 0 Å².